The molecule has 1 atom stereocenters. The number of nitrogens with one attached hydrogen (secondary N) is 1. The zero-order valence-corrected chi connectivity index (χ0v) is 12.1. The van der Waals surface area contributed by atoms with Crippen molar-refractivity contribution in [1.82, 2.24) is 5.32 Å². The van der Waals surface area contributed by atoms with E-state index in [1.54, 1.807) is 7.11 Å². The van der Waals surface area contributed by atoms with Crippen LogP contribution in [-0.2, 0) is 9.53 Å². The van der Waals surface area contributed by atoms with Crippen LogP contribution >= 0.6 is 0 Å². The monoisotopic (exact) mass is 257 g/mol. The molecule has 4 heteroatoms. The van der Waals surface area contributed by atoms with Crippen molar-refractivity contribution in [1.29, 1.82) is 0 Å². The van der Waals surface area contributed by atoms with Gasteiger partial charge in [-0.25, -0.2) is 0 Å². The number of amides is 1. The SMILES string of the molecule is COC1(CC(=O)NCC(O)CC(C)(C)C)CCC1. The smallest absolute Gasteiger partial charge is 0.222 e. The Labute approximate surface area is 110 Å². The normalized spacial score (nSPS) is 20.1. The Balaban J connectivity index is 2.24. The molecular weight excluding hydrogens is 230 g/mol. The largest absolute Gasteiger partial charge is 0.391 e. The quantitative estimate of drug-likeness (QED) is 0.763. The van der Waals surface area contributed by atoms with Crippen molar-refractivity contribution in [2.24, 2.45) is 5.41 Å². The van der Waals surface area contributed by atoms with Crippen LogP contribution in [0, 0.1) is 5.41 Å². The van der Waals surface area contributed by atoms with Crippen LogP contribution < -0.4 is 5.32 Å². The molecule has 1 amide bonds. The van der Waals surface area contributed by atoms with Gasteiger partial charge >= 0.3 is 0 Å². The van der Waals surface area contributed by atoms with Crippen LogP contribution in [0.3, 0.4) is 0 Å². The van der Waals surface area contributed by atoms with E-state index in [0.717, 1.165) is 19.3 Å². The second kappa shape index (κ2) is 6.02. The van der Waals surface area contributed by atoms with Crippen molar-refractivity contribution in [3.63, 3.8) is 0 Å². The predicted octanol–water partition coefficient (Wildman–Crippen LogP) is 1.86. The molecule has 106 valence electrons. The molecule has 0 saturated heterocycles. The molecule has 1 fully saturated rings. The van der Waals surface area contributed by atoms with Gasteiger partial charge in [0.05, 0.1) is 18.1 Å². The second-order valence-corrected chi connectivity index (χ2v) is 6.64. The van der Waals surface area contributed by atoms with Crippen LogP contribution in [0.5, 0.6) is 0 Å². The summed E-state index contributed by atoms with van der Waals surface area (Å²) in [6, 6.07) is 0. The third kappa shape index (κ3) is 4.94. The summed E-state index contributed by atoms with van der Waals surface area (Å²) in [5.41, 5.74) is -0.162. The highest BCUT2D eigenvalue weighted by atomic mass is 16.5. The fourth-order valence-electron chi connectivity index (χ4n) is 2.39. The maximum Gasteiger partial charge on any atom is 0.222 e. The highest BCUT2D eigenvalue weighted by Crippen LogP contribution is 2.37. The van der Waals surface area contributed by atoms with E-state index in [9.17, 15) is 9.90 Å². The van der Waals surface area contributed by atoms with E-state index < -0.39 is 6.10 Å². The Morgan fingerprint density at radius 2 is 2.06 bits per heavy atom. The van der Waals surface area contributed by atoms with Gasteiger partial charge < -0.3 is 15.2 Å². The fourth-order valence-corrected chi connectivity index (χ4v) is 2.39. The van der Waals surface area contributed by atoms with E-state index in [0.29, 0.717) is 19.4 Å². The Morgan fingerprint density at radius 1 is 1.44 bits per heavy atom. The maximum absolute atomic E-state index is 11.8. The van der Waals surface area contributed by atoms with Crippen molar-refractivity contribution >= 4 is 5.91 Å². The topological polar surface area (TPSA) is 58.6 Å². The Kier molecular flexibility index (Phi) is 5.17. The van der Waals surface area contributed by atoms with Gasteiger partial charge in [-0.15, -0.1) is 0 Å². The minimum atomic E-state index is -0.478. The van der Waals surface area contributed by atoms with Gasteiger partial charge in [-0.3, -0.25) is 4.79 Å². The molecular formula is C14H27NO3. The lowest BCUT2D eigenvalue weighted by molar-refractivity contribution is -0.134. The van der Waals surface area contributed by atoms with Crippen LogP contribution in [0.1, 0.15) is 52.9 Å². The Bertz CT molecular complexity index is 274. The van der Waals surface area contributed by atoms with E-state index >= 15 is 0 Å². The van der Waals surface area contributed by atoms with Crippen LogP contribution in [0.2, 0.25) is 0 Å². The molecule has 0 bridgehead atoms. The average Bonchev–Trinajstić information content (AvgIpc) is 2.18. The van der Waals surface area contributed by atoms with Gasteiger partial charge in [0, 0.05) is 13.7 Å². The van der Waals surface area contributed by atoms with E-state index in [4.69, 9.17) is 4.74 Å². The first kappa shape index (κ1) is 15.4. The molecule has 4 nitrogen and oxygen atoms in total. The van der Waals surface area contributed by atoms with Gasteiger partial charge in [0.1, 0.15) is 0 Å². The lowest BCUT2D eigenvalue weighted by atomic mass is 9.77. The van der Waals surface area contributed by atoms with E-state index in [-0.39, 0.29) is 16.9 Å². The Morgan fingerprint density at radius 3 is 2.44 bits per heavy atom. The Hall–Kier alpha value is -0.610. The van der Waals surface area contributed by atoms with Crippen LogP contribution in [0.15, 0.2) is 0 Å². The summed E-state index contributed by atoms with van der Waals surface area (Å²) in [6.45, 7) is 6.56. The summed E-state index contributed by atoms with van der Waals surface area (Å²) in [6.07, 6.45) is 3.67. The molecule has 1 aliphatic carbocycles. The number of hydrogen-bond donors (Lipinski definition) is 2. The summed E-state index contributed by atoms with van der Waals surface area (Å²) in [4.78, 5) is 11.8. The van der Waals surface area contributed by atoms with Gasteiger partial charge in [0.15, 0.2) is 0 Å². The molecule has 1 rings (SSSR count). The first-order valence-electron chi connectivity index (χ1n) is 6.76. The van der Waals surface area contributed by atoms with Gasteiger partial charge in [0.2, 0.25) is 5.91 Å². The van der Waals surface area contributed by atoms with E-state index in [1.807, 2.05) is 0 Å². The predicted molar refractivity (Wildman–Crippen MR) is 71.3 cm³/mol. The van der Waals surface area contributed by atoms with Crippen molar-refractivity contribution in [2.75, 3.05) is 13.7 Å². The van der Waals surface area contributed by atoms with Crippen LogP contribution in [0.4, 0.5) is 0 Å². The van der Waals surface area contributed by atoms with E-state index in [1.165, 1.54) is 0 Å². The third-order valence-corrected chi connectivity index (χ3v) is 3.56. The number of rotatable bonds is 6. The molecule has 0 aromatic carbocycles. The summed E-state index contributed by atoms with van der Waals surface area (Å²) in [5, 5.41) is 12.6. The molecule has 0 aliphatic heterocycles. The number of hydrogen-bond acceptors (Lipinski definition) is 3. The molecule has 2 N–H and O–H groups in total. The highest BCUT2D eigenvalue weighted by molar-refractivity contribution is 5.77. The molecule has 0 heterocycles. The highest BCUT2D eigenvalue weighted by Gasteiger charge is 2.38. The third-order valence-electron chi connectivity index (χ3n) is 3.56. The van der Waals surface area contributed by atoms with Crippen molar-refractivity contribution in [2.45, 2.75) is 64.6 Å². The second-order valence-electron chi connectivity index (χ2n) is 6.64. The molecule has 0 aromatic heterocycles. The lowest BCUT2D eigenvalue weighted by Gasteiger charge is -2.40. The zero-order valence-electron chi connectivity index (χ0n) is 12.1. The first-order chi connectivity index (χ1) is 8.26. The molecule has 1 unspecified atom stereocenters. The van der Waals surface area contributed by atoms with Crippen LogP contribution in [-0.4, -0.2) is 36.4 Å². The average molecular weight is 257 g/mol. The maximum atomic E-state index is 11.8. The number of methoxy groups -OCH3 is 1. The van der Waals surface area contributed by atoms with Gasteiger partial charge in [-0.1, -0.05) is 20.8 Å². The minimum absolute atomic E-state index is 0.0236. The first-order valence-corrected chi connectivity index (χ1v) is 6.76. The van der Waals surface area contributed by atoms with Crippen molar-refractivity contribution in [3.8, 4) is 0 Å². The van der Waals surface area contributed by atoms with Gasteiger partial charge in [-0.05, 0) is 31.1 Å². The molecule has 1 aliphatic rings. The number of ether oxygens (including phenoxy) is 1. The van der Waals surface area contributed by atoms with Crippen LogP contribution in [0.25, 0.3) is 0 Å². The summed E-state index contributed by atoms with van der Waals surface area (Å²) < 4.78 is 5.41. The molecule has 18 heavy (non-hydrogen) atoms. The number of carbonyl (C=O) groups excluding carboxylic acids is 1. The number of carbonyl (C=O) groups is 1. The molecule has 0 spiro atoms. The van der Waals surface area contributed by atoms with Gasteiger partial charge in [0.25, 0.3) is 0 Å². The van der Waals surface area contributed by atoms with Crippen molar-refractivity contribution < 1.29 is 14.6 Å². The summed E-state index contributed by atoms with van der Waals surface area (Å²) in [5.74, 6) is -0.0236. The standard InChI is InChI=1S/C14H27NO3/c1-13(2,3)8-11(16)10-15-12(17)9-14(18-4)6-5-7-14/h11,16H,5-10H2,1-4H3,(H,15,17). The number of aliphatic hydroxyl groups is 1. The summed E-state index contributed by atoms with van der Waals surface area (Å²) >= 11 is 0. The molecule has 0 radical (unpaired) electrons. The van der Waals surface area contributed by atoms with E-state index in [2.05, 4.69) is 26.1 Å². The minimum Gasteiger partial charge on any atom is -0.391 e. The molecule has 1 saturated carbocycles. The number of aliphatic hydroxyl groups excluding tert-OH is 1. The lowest BCUT2D eigenvalue weighted by Crippen LogP contribution is -2.45. The zero-order chi connectivity index (χ0) is 13.8. The van der Waals surface area contributed by atoms with Gasteiger partial charge in [-0.2, -0.15) is 0 Å². The fraction of sp³-hybridized carbons (Fsp3) is 0.929. The summed E-state index contributed by atoms with van der Waals surface area (Å²) in [7, 11) is 1.67. The molecule has 0 aromatic rings. The van der Waals surface area contributed by atoms with Crippen molar-refractivity contribution in [3.05, 3.63) is 0 Å².